The summed E-state index contributed by atoms with van der Waals surface area (Å²) in [6, 6.07) is 3.79. The van der Waals surface area contributed by atoms with E-state index >= 15 is 0 Å². The van der Waals surface area contributed by atoms with Gasteiger partial charge < -0.3 is 14.4 Å². The van der Waals surface area contributed by atoms with Gasteiger partial charge in [-0.2, -0.15) is 0 Å². The van der Waals surface area contributed by atoms with Crippen molar-refractivity contribution in [3.05, 3.63) is 42.2 Å². The van der Waals surface area contributed by atoms with Crippen LogP contribution in [0.15, 0.2) is 31.0 Å². The zero-order chi connectivity index (χ0) is 14.8. The van der Waals surface area contributed by atoms with Crippen LogP contribution < -0.4 is 0 Å². The van der Waals surface area contributed by atoms with Gasteiger partial charge in [0.05, 0.1) is 37.5 Å². The van der Waals surface area contributed by atoms with E-state index in [1.807, 2.05) is 24.0 Å². The molecule has 5 heteroatoms. The van der Waals surface area contributed by atoms with Crippen molar-refractivity contribution in [1.29, 1.82) is 0 Å². The van der Waals surface area contributed by atoms with Crippen molar-refractivity contribution in [3.63, 3.8) is 0 Å². The lowest BCUT2D eigenvalue weighted by Gasteiger charge is -2.22. The molecular formula is C16H20N2O3. The largest absolute Gasteiger partial charge is 0.379 e. The molecule has 1 aromatic rings. The Balaban J connectivity index is 1.76. The number of pyridine rings is 1. The summed E-state index contributed by atoms with van der Waals surface area (Å²) >= 11 is 0. The Morgan fingerprint density at radius 3 is 3.14 bits per heavy atom. The number of rotatable bonds is 4. The minimum Gasteiger partial charge on any atom is -0.379 e. The molecule has 0 radical (unpaired) electrons. The van der Waals surface area contributed by atoms with Gasteiger partial charge in [-0.05, 0) is 19.1 Å². The number of fused-ring (bicyclic) bond motifs is 1. The van der Waals surface area contributed by atoms with E-state index in [4.69, 9.17) is 9.47 Å². The van der Waals surface area contributed by atoms with Gasteiger partial charge in [0.25, 0.3) is 5.91 Å². The second kappa shape index (κ2) is 5.95. The Morgan fingerprint density at radius 2 is 2.43 bits per heavy atom. The molecule has 0 aliphatic carbocycles. The molecule has 2 saturated heterocycles. The fourth-order valence-corrected chi connectivity index (χ4v) is 3.06. The zero-order valence-corrected chi connectivity index (χ0v) is 12.2. The normalized spacial score (nSPS) is 27.7. The van der Waals surface area contributed by atoms with Crippen molar-refractivity contribution in [3.8, 4) is 0 Å². The first kappa shape index (κ1) is 14.2. The molecule has 0 saturated carbocycles. The van der Waals surface area contributed by atoms with Crippen molar-refractivity contribution >= 4 is 5.91 Å². The van der Waals surface area contributed by atoms with Crippen LogP contribution in [0.4, 0.5) is 0 Å². The van der Waals surface area contributed by atoms with Crippen LogP contribution in [0.3, 0.4) is 0 Å². The Kier molecular flexibility index (Phi) is 4.03. The van der Waals surface area contributed by atoms with Crippen LogP contribution in [0.2, 0.25) is 0 Å². The number of ether oxygens (including phenoxy) is 2. The smallest absolute Gasteiger partial charge is 0.255 e. The van der Waals surface area contributed by atoms with E-state index in [1.54, 1.807) is 12.3 Å². The molecule has 3 heterocycles. The van der Waals surface area contributed by atoms with Gasteiger partial charge in [0.15, 0.2) is 0 Å². The highest BCUT2D eigenvalue weighted by molar-refractivity contribution is 5.94. The molecule has 0 spiro atoms. The zero-order valence-electron chi connectivity index (χ0n) is 12.2. The molecule has 0 N–H and O–H groups in total. The SMILES string of the molecule is C=CCO[C@H]1CN(C(=O)c2ccc(C)nc2)[C@@H]2COC[C@H]12. The number of carbonyl (C=O) groups is 1. The van der Waals surface area contributed by atoms with E-state index in [0.29, 0.717) is 31.9 Å². The number of hydrogen-bond acceptors (Lipinski definition) is 4. The van der Waals surface area contributed by atoms with Crippen LogP contribution in [0.1, 0.15) is 16.1 Å². The van der Waals surface area contributed by atoms with Gasteiger partial charge in [-0.1, -0.05) is 6.08 Å². The van der Waals surface area contributed by atoms with Crippen molar-refractivity contribution < 1.29 is 14.3 Å². The van der Waals surface area contributed by atoms with Crippen LogP contribution in [-0.2, 0) is 9.47 Å². The van der Waals surface area contributed by atoms with Gasteiger partial charge in [-0.15, -0.1) is 6.58 Å². The van der Waals surface area contributed by atoms with Crippen LogP contribution in [-0.4, -0.2) is 54.3 Å². The highest BCUT2D eigenvalue weighted by atomic mass is 16.5. The van der Waals surface area contributed by atoms with E-state index in [9.17, 15) is 4.79 Å². The third-order valence-electron chi connectivity index (χ3n) is 4.19. The van der Waals surface area contributed by atoms with Crippen LogP contribution in [0.5, 0.6) is 0 Å². The highest BCUT2D eigenvalue weighted by Crippen LogP contribution is 2.33. The third-order valence-corrected chi connectivity index (χ3v) is 4.19. The average molecular weight is 288 g/mol. The molecular weight excluding hydrogens is 268 g/mol. The maximum atomic E-state index is 12.7. The summed E-state index contributed by atoms with van der Waals surface area (Å²) in [5.41, 5.74) is 1.53. The van der Waals surface area contributed by atoms with Crippen LogP contribution in [0.25, 0.3) is 0 Å². The van der Waals surface area contributed by atoms with Crippen molar-refractivity contribution in [1.82, 2.24) is 9.88 Å². The monoisotopic (exact) mass is 288 g/mol. The van der Waals surface area contributed by atoms with Gasteiger partial charge in [0, 0.05) is 24.4 Å². The Bertz CT molecular complexity index is 529. The highest BCUT2D eigenvalue weighted by Gasteiger charge is 2.47. The third kappa shape index (κ3) is 2.71. The molecule has 1 amide bonds. The predicted octanol–water partition coefficient (Wildman–Crippen LogP) is 1.43. The summed E-state index contributed by atoms with van der Waals surface area (Å²) in [4.78, 5) is 18.8. The lowest BCUT2D eigenvalue weighted by Crippen LogP contribution is -2.38. The molecule has 0 unspecified atom stereocenters. The van der Waals surface area contributed by atoms with E-state index in [1.165, 1.54) is 0 Å². The second-order valence-electron chi connectivity index (χ2n) is 5.57. The summed E-state index contributed by atoms with van der Waals surface area (Å²) < 4.78 is 11.3. The van der Waals surface area contributed by atoms with E-state index in [-0.39, 0.29) is 24.0 Å². The molecule has 3 rings (SSSR count). The first-order valence-corrected chi connectivity index (χ1v) is 7.24. The van der Waals surface area contributed by atoms with Crippen LogP contribution in [0, 0.1) is 12.8 Å². The topological polar surface area (TPSA) is 51.7 Å². The molecule has 5 nitrogen and oxygen atoms in total. The molecule has 0 aromatic carbocycles. The van der Waals surface area contributed by atoms with Gasteiger partial charge in [0.1, 0.15) is 0 Å². The number of amides is 1. The molecule has 2 aliphatic rings. The minimum atomic E-state index is 0.00713. The number of hydrogen-bond donors (Lipinski definition) is 0. The van der Waals surface area contributed by atoms with Gasteiger partial charge in [0.2, 0.25) is 0 Å². The second-order valence-corrected chi connectivity index (χ2v) is 5.57. The summed E-state index contributed by atoms with van der Waals surface area (Å²) in [5, 5.41) is 0. The van der Waals surface area contributed by atoms with Crippen molar-refractivity contribution in [2.45, 2.75) is 19.1 Å². The number of carbonyl (C=O) groups excluding carboxylic acids is 1. The molecule has 21 heavy (non-hydrogen) atoms. The molecule has 112 valence electrons. The number of aryl methyl sites for hydroxylation is 1. The number of nitrogens with zero attached hydrogens (tertiary/aromatic N) is 2. The van der Waals surface area contributed by atoms with Gasteiger partial charge in [-0.3, -0.25) is 9.78 Å². The molecule has 3 atom stereocenters. The Morgan fingerprint density at radius 1 is 1.57 bits per heavy atom. The summed E-state index contributed by atoms with van der Waals surface area (Å²) in [5.74, 6) is 0.264. The lowest BCUT2D eigenvalue weighted by molar-refractivity contribution is 0.0330. The van der Waals surface area contributed by atoms with Gasteiger partial charge in [-0.25, -0.2) is 0 Å². The maximum absolute atomic E-state index is 12.7. The van der Waals surface area contributed by atoms with Crippen molar-refractivity contribution in [2.75, 3.05) is 26.4 Å². The summed E-state index contributed by atoms with van der Waals surface area (Å²) in [7, 11) is 0. The molecule has 2 fully saturated rings. The standard InChI is InChI=1S/C16H20N2O3/c1-3-6-21-15-8-18(14-10-20-9-13(14)15)16(19)12-5-4-11(2)17-7-12/h3-5,7,13-15H,1,6,8-10H2,2H3/t13-,14+,15-/m0/s1. The Hall–Kier alpha value is -1.72. The average Bonchev–Trinajstić information content (AvgIpc) is 3.08. The summed E-state index contributed by atoms with van der Waals surface area (Å²) in [6.45, 7) is 7.93. The maximum Gasteiger partial charge on any atom is 0.255 e. The lowest BCUT2D eigenvalue weighted by atomic mass is 10.0. The van der Waals surface area contributed by atoms with E-state index in [0.717, 1.165) is 5.69 Å². The molecule has 2 aliphatic heterocycles. The summed E-state index contributed by atoms with van der Waals surface area (Å²) in [6.07, 6.45) is 3.40. The number of aromatic nitrogens is 1. The van der Waals surface area contributed by atoms with E-state index < -0.39 is 0 Å². The van der Waals surface area contributed by atoms with Crippen LogP contribution >= 0.6 is 0 Å². The Labute approximate surface area is 124 Å². The minimum absolute atomic E-state index is 0.00713. The predicted molar refractivity (Wildman–Crippen MR) is 78.0 cm³/mol. The van der Waals surface area contributed by atoms with E-state index in [2.05, 4.69) is 11.6 Å². The quantitative estimate of drug-likeness (QED) is 0.787. The van der Waals surface area contributed by atoms with Gasteiger partial charge >= 0.3 is 0 Å². The first-order chi connectivity index (χ1) is 10.2. The fraction of sp³-hybridized carbons (Fsp3) is 0.500. The molecule has 1 aromatic heterocycles. The first-order valence-electron chi connectivity index (χ1n) is 7.24. The van der Waals surface area contributed by atoms with Crippen molar-refractivity contribution in [2.24, 2.45) is 5.92 Å². The fourth-order valence-electron chi connectivity index (χ4n) is 3.06. The number of likely N-dealkylation sites (tertiary alicyclic amines) is 1. The molecule has 0 bridgehead atoms.